The summed E-state index contributed by atoms with van der Waals surface area (Å²) in [6, 6.07) is 0.181. The Morgan fingerprint density at radius 2 is 1.81 bits per heavy atom. The van der Waals surface area contributed by atoms with E-state index in [4.69, 9.17) is 0 Å². The topological polar surface area (TPSA) is 72.9 Å². The number of carboxylic acid groups (broad SMARTS) is 1. The first-order chi connectivity index (χ1) is 9.52. The van der Waals surface area contributed by atoms with E-state index in [0.717, 1.165) is 13.0 Å². The van der Waals surface area contributed by atoms with Crippen molar-refractivity contribution in [3.8, 4) is 0 Å². The molecule has 1 atom stereocenters. The minimum absolute atomic E-state index is 0.180. The van der Waals surface area contributed by atoms with Gasteiger partial charge in [0.2, 0.25) is 0 Å². The summed E-state index contributed by atoms with van der Waals surface area (Å²) in [6.07, 6.45) is 0.990. The number of nitrogens with one attached hydrogen (secondary N) is 1. The monoisotopic (exact) mass is 299 g/mol. The van der Waals surface area contributed by atoms with E-state index in [0.29, 0.717) is 19.1 Å². The third-order valence-corrected chi connectivity index (χ3v) is 5.05. The van der Waals surface area contributed by atoms with Gasteiger partial charge in [-0.1, -0.05) is 6.92 Å². The zero-order chi connectivity index (χ0) is 16.4. The molecule has 0 aromatic carbocycles. The summed E-state index contributed by atoms with van der Waals surface area (Å²) in [7, 11) is 2.07. The molecule has 21 heavy (non-hydrogen) atoms. The Kier molecular flexibility index (Phi) is 5.25. The quantitative estimate of drug-likeness (QED) is 0.827. The van der Waals surface area contributed by atoms with Crippen molar-refractivity contribution in [1.29, 1.82) is 0 Å². The van der Waals surface area contributed by atoms with Crippen molar-refractivity contribution in [2.75, 3.05) is 26.7 Å². The highest BCUT2D eigenvalue weighted by Gasteiger charge is 2.45. The first-order valence-corrected chi connectivity index (χ1v) is 7.53. The molecule has 1 unspecified atom stereocenters. The fourth-order valence-corrected chi connectivity index (χ4v) is 2.34. The predicted octanol–water partition coefficient (Wildman–Crippen LogP) is 1.61. The second-order valence-electron chi connectivity index (χ2n) is 6.97. The molecule has 0 saturated carbocycles. The molecule has 6 heteroatoms. The lowest BCUT2D eigenvalue weighted by Gasteiger charge is -2.43. The number of aliphatic carboxylic acids is 1. The van der Waals surface area contributed by atoms with Crippen molar-refractivity contribution >= 4 is 12.0 Å². The van der Waals surface area contributed by atoms with Gasteiger partial charge in [-0.05, 0) is 41.2 Å². The van der Waals surface area contributed by atoms with E-state index in [1.807, 2.05) is 0 Å². The maximum atomic E-state index is 12.5. The van der Waals surface area contributed by atoms with Crippen molar-refractivity contribution in [2.45, 2.75) is 52.6 Å². The second-order valence-corrected chi connectivity index (χ2v) is 6.97. The zero-order valence-corrected chi connectivity index (χ0v) is 14.1. The summed E-state index contributed by atoms with van der Waals surface area (Å²) in [4.78, 5) is 27.9. The molecule has 2 N–H and O–H groups in total. The molecule has 6 nitrogen and oxygen atoms in total. The SMILES string of the molecule is CCC1CN(C(=O)NC(C)(C)C(C)(C)C(=O)O)CCN1C. The van der Waals surface area contributed by atoms with Crippen LogP contribution in [0.2, 0.25) is 0 Å². The fourth-order valence-electron chi connectivity index (χ4n) is 2.34. The molecular formula is C15H29N3O3. The molecule has 0 aromatic heterocycles. The summed E-state index contributed by atoms with van der Waals surface area (Å²) in [5.41, 5.74) is -1.87. The van der Waals surface area contributed by atoms with Crippen LogP contribution in [0, 0.1) is 5.41 Å². The fraction of sp³-hybridized carbons (Fsp3) is 0.867. The number of piperazine rings is 1. The van der Waals surface area contributed by atoms with Crippen LogP contribution in [0.25, 0.3) is 0 Å². The van der Waals surface area contributed by atoms with Gasteiger partial charge in [-0.15, -0.1) is 0 Å². The predicted molar refractivity (Wildman–Crippen MR) is 82.3 cm³/mol. The maximum absolute atomic E-state index is 12.5. The zero-order valence-electron chi connectivity index (χ0n) is 14.1. The van der Waals surface area contributed by atoms with E-state index < -0.39 is 16.9 Å². The summed E-state index contributed by atoms with van der Waals surface area (Å²) >= 11 is 0. The number of hydrogen-bond donors (Lipinski definition) is 2. The Balaban J connectivity index is 2.75. The number of carbonyl (C=O) groups is 2. The minimum Gasteiger partial charge on any atom is -0.481 e. The van der Waals surface area contributed by atoms with Crippen LogP contribution < -0.4 is 5.32 Å². The van der Waals surface area contributed by atoms with Crippen LogP contribution in [0.3, 0.4) is 0 Å². The van der Waals surface area contributed by atoms with Gasteiger partial charge in [0, 0.05) is 25.7 Å². The number of urea groups is 1. The third-order valence-electron chi connectivity index (χ3n) is 5.05. The molecule has 0 spiro atoms. The van der Waals surface area contributed by atoms with Crippen molar-refractivity contribution in [2.24, 2.45) is 5.41 Å². The van der Waals surface area contributed by atoms with Crippen molar-refractivity contribution < 1.29 is 14.7 Å². The Hall–Kier alpha value is -1.30. The number of hydrogen-bond acceptors (Lipinski definition) is 3. The molecule has 0 aliphatic carbocycles. The third kappa shape index (κ3) is 3.67. The summed E-state index contributed by atoms with van der Waals surface area (Å²) in [5.74, 6) is -0.919. The summed E-state index contributed by atoms with van der Waals surface area (Å²) < 4.78 is 0. The average Bonchev–Trinajstić information content (AvgIpc) is 2.38. The Morgan fingerprint density at radius 3 is 2.29 bits per heavy atom. The van der Waals surface area contributed by atoms with E-state index in [9.17, 15) is 14.7 Å². The smallest absolute Gasteiger partial charge is 0.317 e. The van der Waals surface area contributed by atoms with E-state index >= 15 is 0 Å². The van der Waals surface area contributed by atoms with E-state index in [2.05, 4.69) is 24.2 Å². The van der Waals surface area contributed by atoms with Crippen LogP contribution in [0.15, 0.2) is 0 Å². The number of amides is 2. The molecule has 1 aliphatic heterocycles. The lowest BCUT2D eigenvalue weighted by Crippen LogP contribution is -2.62. The van der Waals surface area contributed by atoms with Gasteiger partial charge in [-0.25, -0.2) is 4.79 Å². The molecule has 0 aromatic rings. The molecule has 1 fully saturated rings. The van der Waals surface area contributed by atoms with E-state index in [1.54, 1.807) is 32.6 Å². The van der Waals surface area contributed by atoms with Gasteiger partial charge in [-0.3, -0.25) is 9.69 Å². The Labute approximate surface area is 127 Å². The lowest BCUT2D eigenvalue weighted by molar-refractivity contribution is -0.150. The van der Waals surface area contributed by atoms with Gasteiger partial charge < -0.3 is 15.3 Å². The van der Waals surface area contributed by atoms with Crippen LogP contribution in [-0.4, -0.2) is 65.2 Å². The molecular weight excluding hydrogens is 270 g/mol. The minimum atomic E-state index is -1.04. The molecule has 1 rings (SSSR count). The molecule has 1 heterocycles. The van der Waals surface area contributed by atoms with Crippen LogP contribution in [0.5, 0.6) is 0 Å². The number of nitrogens with zero attached hydrogens (tertiary/aromatic N) is 2. The van der Waals surface area contributed by atoms with Gasteiger partial charge in [0.25, 0.3) is 0 Å². The second kappa shape index (κ2) is 6.22. The number of carbonyl (C=O) groups excluding carboxylic acids is 1. The standard InChI is InChI=1S/C15H29N3O3/c1-7-11-10-18(9-8-17(11)6)13(21)16-15(4,5)14(2,3)12(19)20/h11H,7-10H2,1-6H3,(H,16,21)(H,19,20). The first-order valence-electron chi connectivity index (χ1n) is 7.53. The molecule has 0 bridgehead atoms. The Bertz CT molecular complexity index is 407. The lowest BCUT2D eigenvalue weighted by atomic mass is 9.74. The summed E-state index contributed by atoms with van der Waals surface area (Å²) in [6.45, 7) is 11.1. The highest BCUT2D eigenvalue weighted by atomic mass is 16.4. The first kappa shape index (κ1) is 17.8. The maximum Gasteiger partial charge on any atom is 0.317 e. The van der Waals surface area contributed by atoms with E-state index in [1.165, 1.54) is 0 Å². The van der Waals surface area contributed by atoms with Gasteiger partial charge in [0.1, 0.15) is 0 Å². The largest absolute Gasteiger partial charge is 0.481 e. The average molecular weight is 299 g/mol. The van der Waals surface area contributed by atoms with Gasteiger partial charge >= 0.3 is 12.0 Å². The number of rotatable bonds is 4. The van der Waals surface area contributed by atoms with Crippen molar-refractivity contribution in [3.63, 3.8) is 0 Å². The van der Waals surface area contributed by atoms with Gasteiger partial charge in [0.15, 0.2) is 0 Å². The van der Waals surface area contributed by atoms with Gasteiger partial charge in [-0.2, -0.15) is 0 Å². The van der Waals surface area contributed by atoms with Crippen LogP contribution in [0.1, 0.15) is 41.0 Å². The summed E-state index contributed by atoms with van der Waals surface area (Å²) in [5, 5.41) is 12.2. The number of likely N-dealkylation sites (N-methyl/N-ethyl adjacent to an activating group) is 1. The Morgan fingerprint density at radius 1 is 1.24 bits per heavy atom. The molecule has 2 amide bonds. The van der Waals surface area contributed by atoms with Crippen molar-refractivity contribution in [1.82, 2.24) is 15.1 Å². The van der Waals surface area contributed by atoms with Crippen LogP contribution >= 0.6 is 0 Å². The number of carboxylic acids is 1. The molecule has 1 aliphatic rings. The van der Waals surface area contributed by atoms with Crippen LogP contribution in [-0.2, 0) is 4.79 Å². The van der Waals surface area contributed by atoms with Crippen LogP contribution in [0.4, 0.5) is 4.79 Å². The van der Waals surface area contributed by atoms with E-state index in [-0.39, 0.29) is 6.03 Å². The molecule has 1 saturated heterocycles. The highest BCUT2D eigenvalue weighted by molar-refractivity contribution is 5.79. The van der Waals surface area contributed by atoms with Crippen molar-refractivity contribution in [3.05, 3.63) is 0 Å². The molecule has 0 radical (unpaired) electrons. The van der Waals surface area contributed by atoms with Gasteiger partial charge in [0.05, 0.1) is 11.0 Å². The molecule has 122 valence electrons. The highest BCUT2D eigenvalue weighted by Crippen LogP contribution is 2.31. The normalized spacial score (nSPS) is 21.2.